The van der Waals surface area contributed by atoms with Crippen LogP contribution in [0.1, 0.15) is 10.4 Å². The summed E-state index contributed by atoms with van der Waals surface area (Å²) >= 11 is 5.90. The van der Waals surface area contributed by atoms with Crippen molar-refractivity contribution in [3.63, 3.8) is 0 Å². The van der Waals surface area contributed by atoms with Crippen molar-refractivity contribution in [1.82, 2.24) is 4.98 Å². The lowest BCUT2D eigenvalue weighted by Gasteiger charge is -2.07. The van der Waals surface area contributed by atoms with Crippen LogP contribution >= 0.6 is 11.6 Å². The molecule has 18 heavy (non-hydrogen) atoms. The second kappa shape index (κ2) is 4.93. The number of aromatic nitrogens is 1. The third kappa shape index (κ3) is 2.52. The molecule has 4 N–H and O–H groups in total. The van der Waals surface area contributed by atoms with Gasteiger partial charge in [0, 0.05) is 11.9 Å². The number of nitrogens with zero attached hydrogens (tertiary/aromatic N) is 1. The lowest BCUT2D eigenvalue weighted by atomic mass is 10.2. The number of carbonyl (C=O) groups is 1. The van der Waals surface area contributed by atoms with Gasteiger partial charge < -0.3 is 16.2 Å². The number of hydrogen-bond donors (Lipinski definition) is 3. The van der Waals surface area contributed by atoms with E-state index in [1.165, 1.54) is 24.4 Å². The molecule has 0 atom stereocenters. The Morgan fingerprint density at radius 1 is 1.39 bits per heavy atom. The SMILES string of the molecule is Nc1ccc(Cl)c(C(=O)Nc2ncccc2O)c1. The molecule has 1 amide bonds. The van der Waals surface area contributed by atoms with Crippen molar-refractivity contribution in [3.8, 4) is 5.75 Å². The maximum atomic E-state index is 11.9. The van der Waals surface area contributed by atoms with Crippen LogP contribution in [-0.4, -0.2) is 16.0 Å². The predicted octanol–water partition coefficient (Wildman–Crippen LogP) is 2.28. The maximum Gasteiger partial charge on any atom is 0.258 e. The summed E-state index contributed by atoms with van der Waals surface area (Å²) in [5.41, 5.74) is 6.23. The number of nitrogens with one attached hydrogen (secondary N) is 1. The fourth-order valence-corrected chi connectivity index (χ4v) is 1.59. The molecule has 0 aliphatic carbocycles. The Balaban J connectivity index is 2.28. The topological polar surface area (TPSA) is 88.2 Å². The van der Waals surface area contributed by atoms with E-state index in [4.69, 9.17) is 17.3 Å². The molecule has 0 spiro atoms. The van der Waals surface area contributed by atoms with Crippen molar-refractivity contribution in [2.75, 3.05) is 11.1 Å². The fourth-order valence-electron chi connectivity index (χ4n) is 1.38. The highest BCUT2D eigenvalue weighted by molar-refractivity contribution is 6.34. The van der Waals surface area contributed by atoms with Gasteiger partial charge in [0.2, 0.25) is 0 Å². The van der Waals surface area contributed by atoms with Crippen molar-refractivity contribution >= 4 is 29.0 Å². The standard InChI is InChI=1S/C12H10ClN3O2/c13-9-4-3-7(14)6-8(9)12(18)16-11-10(17)2-1-5-15-11/h1-6,17H,14H2,(H,15,16,18). The van der Waals surface area contributed by atoms with Crippen molar-refractivity contribution in [3.05, 3.63) is 47.1 Å². The van der Waals surface area contributed by atoms with Crippen molar-refractivity contribution in [1.29, 1.82) is 0 Å². The number of halogens is 1. The predicted molar refractivity (Wildman–Crippen MR) is 69.7 cm³/mol. The summed E-state index contributed by atoms with van der Waals surface area (Å²) in [5, 5.41) is 12.2. The van der Waals surface area contributed by atoms with E-state index in [0.717, 1.165) is 0 Å². The summed E-state index contributed by atoms with van der Waals surface area (Å²) in [7, 11) is 0. The molecule has 0 aliphatic heterocycles. The van der Waals surface area contributed by atoms with E-state index in [1.807, 2.05) is 0 Å². The molecule has 0 fully saturated rings. The smallest absolute Gasteiger partial charge is 0.258 e. The van der Waals surface area contributed by atoms with Crippen LogP contribution in [0.3, 0.4) is 0 Å². The highest BCUT2D eigenvalue weighted by atomic mass is 35.5. The normalized spacial score (nSPS) is 10.1. The van der Waals surface area contributed by atoms with E-state index >= 15 is 0 Å². The Morgan fingerprint density at radius 3 is 2.89 bits per heavy atom. The number of nitrogens with two attached hydrogens (primary N) is 1. The first kappa shape index (κ1) is 12.2. The fraction of sp³-hybridized carbons (Fsp3) is 0. The minimum absolute atomic E-state index is 0.0704. The van der Waals surface area contributed by atoms with Gasteiger partial charge in [-0.2, -0.15) is 0 Å². The van der Waals surface area contributed by atoms with Gasteiger partial charge >= 0.3 is 0 Å². The van der Waals surface area contributed by atoms with Crippen LogP contribution < -0.4 is 11.1 Å². The molecule has 5 nitrogen and oxygen atoms in total. The zero-order valence-corrected chi connectivity index (χ0v) is 9.98. The van der Waals surface area contributed by atoms with Crippen molar-refractivity contribution < 1.29 is 9.90 Å². The summed E-state index contributed by atoms with van der Waals surface area (Å²) in [6.45, 7) is 0. The Bertz CT molecular complexity index is 602. The van der Waals surface area contributed by atoms with Gasteiger partial charge in [0.15, 0.2) is 11.6 Å². The molecular formula is C12H10ClN3O2. The van der Waals surface area contributed by atoms with Gasteiger partial charge in [0.05, 0.1) is 10.6 Å². The Hall–Kier alpha value is -2.27. The summed E-state index contributed by atoms with van der Waals surface area (Å²) in [5.74, 6) is -0.534. The first-order chi connectivity index (χ1) is 8.58. The quantitative estimate of drug-likeness (QED) is 0.725. The minimum Gasteiger partial charge on any atom is -0.504 e. The molecule has 2 aromatic rings. The molecule has 92 valence electrons. The molecule has 0 aliphatic rings. The van der Waals surface area contributed by atoms with Crippen LogP contribution in [-0.2, 0) is 0 Å². The van der Waals surface area contributed by atoms with E-state index in [-0.39, 0.29) is 22.2 Å². The molecule has 1 aromatic carbocycles. The number of pyridine rings is 1. The number of rotatable bonds is 2. The zero-order chi connectivity index (χ0) is 13.1. The number of nitrogen functional groups attached to an aromatic ring is 1. The van der Waals surface area contributed by atoms with E-state index in [0.29, 0.717) is 5.69 Å². The summed E-state index contributed by atoms with van der Waals surface area (Å²) in [4.78, 5) is 15.8. The number of anilines is 2. The maximum absolute atomic E-state index is 11.9. The molecule has 6 heteroatoms. The Kier molecular flexibility index (Phi) is 3.34. The first-order valence-electron chi connectivity index (χ1n) is 5.08. The van der Waals surface area contributed by atoms with Gasteiger partial charge in [-0.3, -0.25) is 4.79 Å². The highest BCUT2D eigenvalue weighted by Gasteiger charge is 2.13. The van der Waals surface area contributed by atoms with Gasteiger partial charge in [-0.15, -0.1) is 0 Å². The monoisotopic (exact) mass is 263 g/mol. The minimum atomic E-state index is -0.485. The molecule has 1 heterocycles. The van der Waals surface area contributed by atoms with Crippen LogP contribution in [0.5, 0.6) is 5.75 Å². The molecule has 1 aromatic heterocycles. The Labute approximate surface area is 108 Å². The summed E-state index contributed by atoms with van der Waals surface area (Å²) in [6.07, 6.45) is 1.45. The number of benzene rings is 1. The van der Waals surface area contributed by atoms with Crippen molar-refractivity contribution in [2.45, 2.75) is 0 Å². The van der Waals surface area contributed by atoms with Gasteiger partial charge in [0.25, 0.3) is 5.91 Å². The molecule has 0 radical (unpaired) electrons. The number of amides is 1. The summed E-state index contributed by atoms with van der Waals surface area (Å²) in [6, 6.07) is 7.56. The van der Waals surface area contributed by atoms with E-state index in [2.05, 4.69) is 10.3 Å². The molecule has 0 unspecified atom stereocenters. The van der Waals surface area contributed by atoms with Gasteiger partial charge in [-0.1, -0.05) is 11.6 Å². The van der Waals surface area contributed by atoms with Crippen molar-refractivity contribution in [2.24, 2.45) is 0 Å². The van der Waals surface area contributed by atoms with E-state index in [1.54, 1.807) is 12.1 Å². The van der Waals surface area contributed by atoms with Crippen LogP contribution in [0, 0.1) is 0 Å². The lowest BCUT2D eigenvalue weighted by Crippen LogP contribution is -2.13. The number of aromatic hydroxyl groups is 1. The first-order valence-corrected chi connectivity index (χ1v) is 5.46. The van der Waals surface area contributed by atoms with Gasteiger partial charge in [-0.25, -0.2) is 4.98 Å². The largest absolute Gasteiger partial charge is 0.504 e. The average Bonchev–Trinajstić information content (AvgIpc) is 2.35. The van der Waals surface area contributed by atoms with Gasteiger partial charge in [0.1, 0.15) is 0 Å². The molecular weight excluding hydrogens is 254 g/mol. The Morgan fingerprint density at radius 2 is 2.17 bits per heavy atom. The van der Waals surface area contributed by atoms with Gasteiger partial charge in [-0.05, 0) is 30.3 Å². The molecule has 0 saturated heterocycles. The number of carbonyl (C=O) groups excluding carboxylic acids is 1. The average molecular weight is 264 g/mol. The van der Waals surface area contributed by atoms with Crippen LogP contribution in [0.4, 0.5) is 11.5 Å². The third-order valence-electron chi connectivity index (χ3n) is 2.25. The van der Waals surface area contributed by atoms with E-state index < -0.39 is 5.91 Å². The zero-order valence-electron chi connectivity index (χ0n) is 9.22. The molecule has 2 rings (SSSR count). The highest BCUT2D eigenvalue weighted by Crippen LogP contribution is 2.23. The molecule has 0 saturated carbocycles. The number of hydrogen-bond acceptors (Lipinski definition) is 4. The second-order valence-electron chi connectivity index (χ2n) is 3.56. The lowest BCUT2D eigenvalue weighted by molar-refractivity contribution is 0.102. The van der Waals surface area contributed by atoms with E-state index in [9.17, 15) is 9.90 Å². The third-order valence-corrected chi connectivity index (χ3v) is 2.58. The van der Waals surface area contributed by atoms with Crippen LogP contribution in [0.15, 0.2) is 36.5 Å². The molecule has 0 bridgehead atoms. The van der Waals surface area contributed by atoms with Crippen LogP contribution in [0.25, 0.3) is 0 Å². The summed E-state index contributed by atoms with van der Waals surface area (Å²) < 4.78 is 0. The second-order valence-corrected chi connectivity index (χ2v) is 3.97. The van der Waals surface area contributed by atoms with Crippen LogP contribution in [0.2, 0.25) is 5.02 Å².